The van der Waals surface area contributed by atoms with E-state index >= 15 is 0 Å². The van der Waals surface area contributed by atoms with E-state index in [2.05, 4.69) is 0 Å². The molecule has 1 N–H and O–H groups in total. The number of rotatable bonds is 3. The first kappa shape index (κ1) is 15.7. The van der Waals surface area contributed by atoms with E-state index in [0.717, 1.165) is 24.8 Å². The number of hydrogen-bond acceptors (Lipinski definition) is 3. The molecule has 2 aliphatic rings. The van der Waals surface area contributed by atoms with Crippen molar-refractivity contribution in [3.8, 4) is 0 Å². The number of carbonyl (C=O) groups is 2. The van der Waals surface area contributed by atoms with Crippen LogP contribution in [0.25, 0.3) is 6.08 Å². The smallest absolute Gasteiger partial charge is 0.335 e. The van der Waals surface area contributed by atoms with E-state index in [9.17, 15) is 9.59 Å². The van der Waals surface area contributed by atoms with Crippen LogP contribution in [0.1, 0.15) is 41.6 Å². The lowest BCUT2D eigenvalue weighted by molar-refractivity contribution is -0.144. The van der Waals surface area contributed by atoms with Gasteiger partial charge in [0, 0.05) is 12.6 Å². The first-order chi connectivity index (χ1) is 11.1. The zero-order valence-corrected chi connectivity index (χ0v) is 13.0. The number of aromatic carboxylic acids is 1. The fourth-order valence-electron chi connectivity index (χ4n) is 3.37. The minimum atomic E-state index is -0.951. The van der Waals surface area contributed by atoms with Crippen LogP contribution in [0.2, 0.25) is 0 Å². The summed E-state index contributed by atoms with van der Waals surface area (Å²) in [5.41, 5.74) is 1.06. The Kier molecular flexibility index (Phi) is 4.76. The van der Waals surface area contributed by atoms with Gasteiger partial charge in [-0.3, -0.25) is 4.79 Å². The normalized spacial score (nSPS) is 24.4. The van der Waals surface area contributed by atoms with E-state index in [1.807, 2.05) is 4.90 Å². The second kappa shape index (κ2) is 6.96. The quantitative estimate of drug-likeness (QED) is 0.871. The van der Waals surface area contributed by atoms with Gasteiger partial charge in [0.25, 0.3) is 0 Å². The number of carboxylic acids is 1. The molecule has 1 aliphatic heterocycles. The summed E-state index contributed by atoms with van der Waals surface area (Å²) >= 11 is 0. The molecule has 5 nitrogen and oxygen atoms in total. The number of benzene rings is 1. The average molecular weight is 315 g/mol. The molecular formula is C18H21NO4. The van der Waals surface area contributed by atoms with Crippen molar-refractivity contribution in [1.29, 1.82) is 0 Å². The molecule has 122 valence electrons. The predicted octanol–water partition coefficient (Wildman–Crippen LogP) is 2.57. The number of carbonyl (C=O) groups excluding carboxylic acids is 1. The molecule has 1 heterocycles. The summed E-state index contributed by atoms with van der Waals surface area (Å²) in [7, 11) is 0. The van der Waals surface area contributed by atoms with Gasteiger partial charge in [-0.15, -0.1) is 0 Å². The van der Waals surface area contributed by atoms with Crippen LogP contribution in [0.15, 0.2) is 30.3 Å². The lowest BCUT2D eigenvalue weighted by Gasteiger charge is -2.43. The molecule has 1 saturated carbocycles. The second-order valence-corrected chi connectivity index (χ2v) is 6.05. The average Bonchev–Trinajstić information content (AvgIpc) is 2.59. The van der Waals surface area contributed by atoms with Crippen LogP contribution in [0.4, 0.5) is 0 Å². The largest absolute Gasteiger partial charge is 0.478 e. The molecule has 3 rings (SSSR count). The maximum absolute atomic E-state index is 12.5. The lowest BCUT2D eigenvalue weighted by Crippen LogP contribution is -2.54. The van der Waals surface area contributed by atoms with Crippen LogP contribution in [0.3, 0.4) is 0 Å². The second-order valence-electron chi connectivity index (χ2n) is 6.05. The molecule has 0 aromatic heterocycles. The fourth-order valence-corrected chi connectivity index (χ4v) is 3.37. The molecule has 23 heavy (non-hydrogen) atoms. The highest BCUT2D eigenvalue weighted by atomic mass is 16.5. The van der Waals surface area contributed by atoms with E-state index in [0.29, 0.717) is 13.2 Å². The van der Waals surface area contributed by atoms with Crippen LogP contribution in [-0.2, 0) is 9.53 Å². The maximum Gasteiger partial charge on any atom is 0.335 e. The fraction of sp³-hybridized carbons (Fsp3) is 0.444. The van der Waals surface area contributed by atoms with Crippen LogP contribution in [-0.4, -0.2) is 47.2 Å². The Morgan fingerprint density at radius 1 is 1.17 bits per heavy atom. The molecule has 2 unspecified atom stereocenters. The van der Waals surface area contributed by atoms with E-state index < -0.39 is 5.97 Å². The van der Waals surface area contributed by atoms with Crippen molar-refractivity contribution in [2.45, 2.75) is 37.8 Å². The predicted molar refractivity (Wildman–Crippen MR) is 86.1 cm³/mol. The standard InChI is InChI=1S/C18H21NO4/c20-17(10-7-13-5-8-14(9-6-13)18(21)22)19-11-12-23-16-4-2-1-3-15(16)19/h5-10,15-16H,1-4,11-12H2,(H,21,22). The summed E-state index contributed by atoms with van der Waals surface area (Å²) < 4.78 is 5.79. The van der Waals surface area contributed by atoms with Crippen LogP contribution >= 0.6 is 0 Å². The third kappa shape index (κ3) is 3.62. The molecule has 5 heteroatoms. The van der Waals surface area contributed by atoms with Gasteiger partial charge >= 0.3 is 5.97 Å². The third-order valence-corrected chi connectivity index (χ3v) is 4.59. The molecule has 0 bridgehead atoms. The molecule has 1 aliphatic carbocycles. The summed E-state index contributed by atoms with van der Waals surface area (Å²) in [5, 5.41) is 8.88. The Morgan fingerprint density at radius 2 is 1.91 bits per heavy atom. The summed E-state index contributed by atoms with van der Waals surface area (Å²) in [5.74, 6) is -0.944. The molecule has 2 atom stereocenters. The van der Waals surface area contributed by atoms with E-state index in [1.165, 1.54) is 6.42 Å². The van der Waals surface area contributed by atoms with E-state index in [1.54, 1.807) is 36.4 Å². The highest BCUT2D eigenvalue weighted by Crippen LogP contribution is 2.28. The maximum atomic E-state index is 12.5. The van der Waals surface area contributed by atoms with Crippen molar-refractivity contribution >= 4 is 18.0 Å². The molecule has 2 fully saturated rings. The van der Waals surface area contributed by atoms with Gasteiger partial charge < -0.3 is 14.7 Å². The Hall–Kier alpha value is -2.14. The number of nitrogens with zero attached hydrogens (tertiary/aromatic N) is 1. The van der Waals surface area contributed by atoms with Crippen molar-refractivity contribution in [1.82, 2.24) is 4.90 Å². The monoisotopic (exact) mass is 315 g/mol. The Labute approximate surface area is 135 Å². The summed E-state index contributed by atoms with van der Waals surface area (Å²) in [6.45, 7) is 1.25. The molecular weight excluding hydrogens is 294 g/mol. The zero-order valence-electron chi connectivity index (χ0n) is 13.0. The van der Waals surface area contributed by atoms with Gasteiger partial charge in [0.15, 0.2) is 0 Å². The van der Waals surface area contributed by atoms with E-state index in [4.69, 9.17) is 9.84 Å². The molecule has 0 radical (unpaired) electrons. The lowest BCUT2D eigenvalue weighted by atomic mass is 9.90. The minimum Gasteiger partial charge on any atom is -0.478 e. The highest BCUT2D eigenvalue weighted by Gasteiger charge is 2.35. The molecule has 1 aromatic rings. The van der Waals surface area contributed by atoms with Gasteiger partial charge in [-0.1, -0.05) is 25.0 Å². The summed E-state index contributed by atoms with van der Waals surface area (Å²) in [6, 6.07) is 6.69. The summed E-state index contributed by atoms with van der Waals surface area (Å²) in [6.07, 6.45) is 7.87. The van der Waals surface area contributed by atoms with Gasteiger partial charge in [0.1, 0.15) is 0 Å². The number of hydrogen-bond donors (Lipinski definition) is 1. The number of carboxylic acid groups (broad SMARTS) is 1. The zero-order chi connectivity index (χ0) is 16.2. The van der Waals surface area contributed by atoms with Gasteiger partial charge in [-0.2, -0.15) is 0 Å². The number of ether oxygens (including phenoxy) is 1. The summed E-state index contributed by atoms with van der Waals surface area (Å²) in [4.78, 5) is 25.2. The Morgan fingerprint density at radius 3 is 2.65 bits per heavy atom. The van der Waals surface area contributed by atoms with Crippen molar-refractivity contribution in [2.75, 3.05) is 13.2 Å². The van der Waals surface area contributed by atoms with Crippen molar-refractivity contribution in [3.05, 3.63) is 41.5 Å². The first-order valence-electron chi connectivity index (χ1n) is 8.09. The Balaban J connectivity index is 1.66. The SMILES string of the molecule is O=C(O)c1ccc(C=CC(=O)N2CCOC3CCCCC32)cc1. The van der Waals surface area contributed by atoms with Crippen molar-refractivity contribution in [2.24, 2.45) is 0 Å². The minimum absolute atomic E-state index is 0.00695. The molecule has 1 saturated heterocycles. The topological polar surface area (TPSA) is 66.8 Å². The van der Waals surface area contributed by atoms with Gasteiger partial charge in [0.05, 0.1) is 24.3 Å². The van der Waals surface area contributed by atoms with Crippen LogP contribution in [0.5, 0.6) is 0 Å². The van der Waals surface area contributed by atoms with Crippen LogP contribution in [0, 0.1) is 0 Å². The molecule has 1 amide bonds. The Bertz CT molecular complexity index is 606. The number of fused-ring (bicyclic) bond motifs is 1. The number of amides is 1. The van der Waals surface area contributed by atoms with Gasteiger partial charge in [0.2, 0.25) is 5.91 Å². The van der Waals surface area contributed by atoms with Gasteiger partial charge in [-0.25, -0.2) is 4.79 Å². The van der Waals surface area contributed by atoms with Gasteiger partial charge in [-0.05, 0) is 36.6 Å². The number of morpholine rings is 1. The first-order valence-corrected chi connectivity index (χ1v) is 8.09. The highest BCUT2D eigenvalue weighted by molar-refractivity contribution is 5.92. The van der Waals surface area contributed by atoms with Crippen molar-refractivity contribution < 1.29 is 19.4 Å². The van der Waals surface area contributed by atoms with Crippen LogP contribution < -0.4 is 0 Å². The molecule has 1 aromatic carbocycles. The van der Waals surface area contributed by atoms with Crippen molar-refractivity contribution in [3.63, 3.8) is 0 Å². The third-order valence-electron chi connectivity index (χ3n) is 4.59. The van der Waals surface area contributed by atoms with E-state index in [-0.39, 0.29) is 23.6 Å². The molecule has 0 spiro atoms.